The van der Waals surface area contributed by atoms with Crippen molar-refractivity contribution in [2.24, 2.45) is 0 Å². The van der Waals surface area contributed by atoms with Gasteiger partial charge in [-0.05, 0) is 62.1 Å². The fraction of sp³-hybridized carbons (Fsp3) is 0.179. The number of hydrogen-bond donors (Lipinski definition) is 0. The zero-order chi connectivity index (χ0) is 29.9. The second-order valence-electron chi connectivity index (χ2n) is 13.4. The molecule has 5 heteroatoms. The monoisotopic (exact) mass is 766 g/mol. The minimum atomic E-state index is -1.45. The maximum Gasteiger partial charge on any atom is 0.0777 e. The average molecular weight is 766 g/mol. The summed E-state index contributed by atoms with van der Waals surface area (Å²) < 4.78 is 2.44. The van der Waals surface area contributed by atoms with Crippen LogP contribution in [0.15, 0.2) is 103 Å². The maximum atomic E-state index is 4.79. The molecule has 0 aliphatic carbocycles. The largest absolute Gasteiger partial charge is 0.351 e. The van der Waals surface area contributed by atoms with E-state index in [4.69, 9.17) is 4.98 Å². The number of rotatable bonds is 2. The van der Waals surface area contributed by atoms with Crippen LogP contribution in [0.1, 0.15) is 26.3 Å². The average Bonchev–Trinajstić information content (AvgIpc) is 3.35. The first-order chi connectivity index (χ1) is 20.6. The Morgan fingerprint density at radius 1 is 0.750 bits per heavy atom. The Morgan fingerprint density at radius 3 is 2.25 bits per heavy atom. The molecule has 8 aromatic rings. The molecule has 4 heterocycles. The molecule has 3 nitrogen and oxygen atoms in total. The van der Waals surface area contributed by atoms with Crippen LogP contribution in [0.5, 0.6) is 0 Å². The summed E-state index contributed by atoms with van der Waals surface area (Å²) in [5.74, 6) is 0. The molecule has 0 fully saturated rings. The molecule has 8 rings (SSSR count). The third-order valence-corrected chi connectivity index (χ3v) is 10.4. The normalized spacial score (nSPS) is 12.1. The van der Waals surface area contributed by atoms with Crippen molar-refractivity contribution in [1.29, 1.82) is 0 Å². The van der Waals surface area contributed by atoms with Gasteiger partial charge in [-0.15, -0.1) is 59.5 Å². The third kappa shape index (κ3) is 5.13. The number of pyridine rings is 3. The molecule has 0 amide bonds. The van der Waals surface area contributed by atoms with Gasteiger partial charge in [-0.2, -0.15) is 0 Å². The molecule has 4 aromatic carbocycles. The number of fused-ring (bicyclic) bond motifs is 5. The van der Waals surface area contributed by atoms with E-state index in [9.17, 15) is 0 Å². The molecule has 0 aliphatic heterocycles. The van der Waals surface area contributed by atoms with Crippen LogP contribution in [0.3, 0.4) is 0 Å². The summed E-state index contributed by atoms with van der Waals surface area (Å²) in [6.07, 6.45) is 3.90. The summed E-state index contributed by atoms with van der Waals surface area (Å²) in [6, 6.07) is 38.7. The van der Waals surface area contributed by atoms with Gasteiger partial charge >= 0.3 is 0 Å². The Labute approximate surface area is 273 Å². The van der Waals surface area contributed by atoms with Crippen molar-refractivity contribution in [3.8, 4) is 11.3 Å². The molecule has 221 valence electrons. The number of para-hydroxylation sites is 1. The molecule has 4 aromatic heterocycles. The molecular formula is C39H35IrN3Si-2. The van der Waals surface area contributed by atoms with Crippen molar-refractivity contribution in [2.75, 3.05) is 0 Å². The first kappa shape index (κ1) is 30.1. The number of nitrogens with zero attached hydrogens (tertiary/aromatic N) is 3. The van der Waals surface area contributed by atoms with E-state index in [-0.39, 0.29) is 25.5 Å². The topological polar surface area (TPSA) is 30.2 Å². The van der Waals surface area contributed by atoms with E-state index < -0.39 is 8.07 Å². The predicted octanol–water partition coefficient (Wildman–Crippen LogP) is 9.57. The van der Waals surface area contributed by atoms with Crippen LogP contribution in [0.2, 0.25) is 19.6 Å². The minimum absolute atomic E-state index is 0. The molecule has 0 aliphatic rings. The maximum absolute atomic E-state index is 4.79. The SMILES string of the molecule is CC(C)(C)c1ccc(-c2[c-]cccc2)nc1.C[Si](C)(C)c1cc2ccnc3c4[c-]ccc5c6ccccc6n(c(c1)c23)c45.[Ir]. The first-order valence-corrected chi connectivity index (χ1v) is 18.4. The van der Waals surface area contributed by atoms with Crippen LogP contribution < -0.4 is 5.19 Å². The van der Waals surface area contributed by atoms with Gasteiger partial charge in [0.2, 0.25) is 0 Å². The van der Waals surface area contributed by atoms with Crippen molar-refractivity contribution < 1.29 is 20.1 Å². The Hall–Kier alpha value is -3.89. The zero-order valence-electron chi connectivity index (χ0n) is 26.0. The Morgan fingerprint density at radius 2 is 1.55 bits per heavy atom. The van der Waals surface area contributed by atoms with E-state index in [1.165, 1.54) is 48.8 Å². The fourth-order valence-corrected chi connectivity index (χ4v) is 7.19. The van der Waals surface area contributed by atoms with Crippen molar-refractivity contribution in [1.82, 2.24) is 14.4 Å². The summed E-state index contributed by atoms with van der Waals surface area (Å²) >= 11 is 0. The fourth-order valence-electron chi connectivity index (χ4n) is 6.03. The van der Waals surface area contributed by atoms with Crippen LogP contribution in [0.4, 0.5) is 0 Å². The predicted molar refractivity (Wildman–Crippen MR) is 185 cm³/mol. The van der Waals surface area contributed by atoms with Gasteiger partial charge in [0.15, 0.2) is 0 Å². The van der Waals surface area contributed by atoms with Gasteiger partial charge in [0.1, 0.15) is 0 Å². The van der Waals surface area contributed by atoms with Crippen molar-refractivity contribution in [2.45, 2.75) is 45.8 Å². The standard InChI is InChI=1S/C24H19N2Si.C15H16N.Ir/c1-27(2,3)16-13-15-11-12-25-23-19-9-6-8-18-17-7-4-5-10-20(17)26(24(18)19)21(14-16)22(15)23;1-15(2,3)13-9-10-14(16-11-13)12-7-5-4-6-8-12;/h4-8,10-14H,1-3H3;4-7,9-11H,1-3H3;/q2*-1;. The van der Waals surface area contributed by atoms with Gasteiger partial charge in [0.05, 0.1) is 8.07 Å². The van der Waals surface area contributed by atoms with Crippen LogP contribution in [0, 0.1) is 12.1 Å². The Bertz CT molecular complexity index is 2240. The van der Waals surface area contributed by atoms with Crippen molar-refractivity contribution in [3.05, 3.63) is 121 Å². The second kappa shape index (κ2) is 11.2. The van der Waals surface area contributed by atoms with Crippen LogP contribution in [0.25, 0.3) is 60.3 Å². The number of aromatic nitrogens is 3. The molecule has 0 saturated heterocycles. The number of hydrogen-bond acceptors (Lipinski definition) is 2. The van der Waals surface area contributed by atoms with Gasteiger partial charge < -0.3 is 14.4 Å². The van der Waals surface area contributed by atoms with Gasteiger partial charge in [0.25, 0.3) is 0 Å². The third-order valence-electron chi connectivity index (χ3n) is 8.43. The van der Waals surface area contributed by atoms with Crippen molar-refractivity contribution >= 4 is 62.3 Å². The molecule has 1 radical (unpaired) electrons. The molecule has 0 bridgehead atoms. The van der Waals surface area contributed by atoms with Crippen LogP contribution in [-0.2, 0) is 25.5 Å². The van der Waals surface area contributed by atoms with Crippen LogP contribution >= 0.6 is 0 Å². The van der Waals surface area contributed by atoms with Gasteiger partial charge in [-0.1, -0.05) is 87.4 Å². The Kier molecular flexibility index (Phi) is 7.69. The summed E-state index contributed by atoms with van der Waals surface area (Å²) in [5, 5.41) is 7.70. The van der Waals surface area contributed by atoms with E-state index in [1.54, 1.807) is 0 Å². The smallest absolute Gasteiger partial charge is 0.0777 e. The molecule has 0 atom stereocenters. The summed E-state index contributed by atoms with van der Waals surface area (Å²) in [4.78, 5) is 9.27. The van der Waals surface area contributed by atoms with E-state index in [0.29, 0.717) is 0 Å². The summed E-state index contributed by atoms with van der Waals surface area (Å²) in [5.41, 5.74) is 8.27. The molecule has 0 spiro atoms. The van der Waals surface area contributed by atoms with Gasteiger partial charge in [-0.25, -0.2) is 0 Å². The van der Waals surface area contributed by atoms with Crippen molar-refractivity contribution in [3.63, 3.8) is 0 Å². The Balaban J connectivity index is 0.000000174. The molecular weight excluding hydrogens is 731 g/mol. The molecule has 0 unspecified atom stereocenters. The van der Waals surface area contributed by atoms with Crippen LogP contribution in [-0.4, -0.2) is 22.4 Å². The van der Waals surface area contributed by atoms with Gasteiger partial charge in [0, 0.05) is 43.5 Å². The van der Waals surface area contributed by atoms with E-state index in [0.717, 1.165) is 22.2 Å². The van der Waals surface area contributed by atoms with Gasteiger partial charge in [-0.3, -0.25) is 0 Å². The number of benzene rings is 4. The summed E-state index contributed by atoms with van der Waals surface area (Å²) in [6.45, 7) is 13.8. The minimum Gasteiger partial charge on any atom is -0.351 e. The molecule has 44 heavy (non-hydrogen) atoms. The molecule has 0 N–H and O–H groups in total. The van der Waals surface area contributed by atoms with E-state index >= 15 is 0 Å². The second-order valence-corrected chi connectivity index (χ2v) is 18.5. The first-order valence-electron chi connectivity index (χ1n) is 14.9. The summed E-state index contributed by atoms with van der Waals surface area (Å²) in [7, 11) is -1.45. The van der Waals surface area contributed by atoms with E-state index in [2.05, 4.69) is 123 Å². The zero-order valence-corrected chi connectivity index (χ0v) is 29.4. The quantitative estimate of drug-likeness (QED) is 0.0760. The van der Waals surface area contributed by atoms with E-state index in [1.807, 2.05) is 42.7 Å². The molecule has 0 saturated carbocycles.